The molecule has 0 aliphatic rings. The van der Waals surface area contributed by atoms with Gasteiger partial charge in [-0.15, -0.1) is 0 Å². The van der Waals surface area contributed by atoms with Crippen molar-refractivity contribution in [1.29, 1.82) is 0 Å². The first-order valence-corrected chi connectivity index (χ1v) is 7.30. The molecule has 0 aromatic heterocycles. The van der Waals surface area contributed by atoms with Crippen LogP contribution in [0.15, 0.2) is 0 Å². The minimum Gasteiger partial charge on any atom is -0.344 e. The Labute approximate surface area is 104 Å². The fraction of sp³-hybridized carbons (Fsp3) is 0.900. The Morgan fingerprint density at radius 2 is 1.94 bits per heavy atom. The summed E-state index contributed by atoms with van der Waals surface area (Å²) in [6.45, 7) is 6.36. The van der Waals surface area contributed by atoms with Gasteiger partial charge in [0.1, 0.15) is 0 Å². The van der Waals surface area contributed by atoms with Crippen LogP contribution in [0.4, 0.5) is 0 Å². The summed E-state index contributed by atoms with van der Waals surface area (Å²) in [6.07, 6.45) is 1.03. The van der Waals surface area contributed by atoms with Crippen molar-refractivity contribution in [2.45, 2.75) is 26.8 Å². The third kappa shape index (κ3) is 6.60. The van der Waals surface area contributed by atoms with Crippen molar-refractivity contribution in [1.82, 2.24) is 9.62 Å². The van der Waals surface area contributed by atoms with Gasteiger partial charge in [-0.1, -0.05) is 13.8 Å². The van der Waals surface area contributed by atoms with Crippen LogP contribution >= 0.6 is 0 Å². The highest BCUT2D eigenvalue weighted by Crippen LogP contribution is 2.14. The molecule has 0 spiro atoms. The van der Waals surface area contributed by atoms with Gasteiger partial charge in [-0.2, -0.15) is 0 Å². The molecule has 0 aliphatic heterocycles. The smallest absolute Gasteiger partial charge is 0.240 e. The van der Waals surface area contributed by atoms with Gasteiger partial charge in [-0.25, -0.2) is 13.1 Å². The molecular formula is C10H23N3O3S. The molecule has 1 atom stereocenters. The average Bonchev–Trinajstić information content (AvgIpc) is 2.13. The largest absolute Gasteiger partial charge is 0.344 e. The van der Waals surface area contributed by atoms with E-state index in [0.29, 0.717) is 13.1 Å². The number of rotatable bonds is 6. The number of carbonyl (C=O) groups excluding carboxylic acids is 1. The van der Waals surface area contributed by atoms with Crippen LogP contribution in [0.3, 0.4) is 0 Å². The van der Waals surface area contributed by atoms with Crippen LogP contribution in [0.1, 0.15) is 20.8 Å². The van der Waals surface area contributed by atoms with E-state index in [4.69, 9.17) is 5.73 Å². The molecule has 3 N–H and O–H groups in total. The normalized spacial score (nSPS) is 14.5. The van der Waals surface area contributed by atoms with Crippen molar-refractivity contribution >= 4 is 15.9 Å². The second-order valence-corrected chi connectivity index (χ2v) is 6.95. The van der Waals surface area contributed by atoms with Crippen molar-refractivity contribution in [2.24, 2.45) is 11.1 Å². The quantitative estimate of drug-likeness (QED) is 0.668. The second kappa shape index (κ2) is 5.79. The summed E-state index contributed by atoms with van der Waals surface area (Å²) in [5.74, 6) is -0.267. The summed E-state index contributed by atoms with van der Waals surface area (Å²) < 4.78 is 24.3. The number of nitrogens with one attached hydrogen (secondary N) is 1. The van der Waals surface area contributed by atoms with Gasteiger partial charge in [0.25, 0.3) is 0 Å². The Balaban J connectivity index is 4.51. The molecule has 0 fully saturated rings. The molecule has 0 aromatic carbocycles. The zero-order valence-electron chi connectivity index (χ0n) is 11.1. The standard InChI is InChI=1S/C10H23N3O3S/c1-8(12-17(5,15)16)9(14)13(4)7-10(2,3)6-11/h8,12H,6-7,11H2,1-5H3. The van der Waals surface area contributed by atoms with Crippen molar-refractivity contribution in [3.63, 3.8) is 0 Å². The van der Waals surface area contributed by atoms with E-state index in [1.807, 2.05) is 13.8 Å². The van der Waals surface area contributed by atoms with Crippen LogP contribution in [0, 0.1) is 5.41 Å². The Morgan fingerprint density at radius 3 is 2.29 bits per heavy atom. The first kappa shape index (κ1) is 16.3. The second-order valence-electron chi connectivity index (χ2n) is 5.17. The summed E-state index contributed by atoms with van der Waals surface area (Å²) in [6, 6.07) is -0.761. The topological polar surface area (TPSA) is 92.5 Å². The molecule has 102 valence electrons. The van der Waals surface area contributed by atoms with Gasteiger partial charge in [0.05, 0.1) is 12.3 Å². The molecule has 0 aromatic rings. The Kier molecular flexibility index (Phi) is 5.57. The molecule has 1 unspecified atom stereocenters. The van der Waals surface area contributed by atoms with E-state index in [0.717, 1.165) is 6.26 Å². The minimum atomic E-state index is -3.37. The molecule has 6 nitrogen and oxygen atoms in total. The maximum absolute atomic E-state index is 11.9. The molecular weight excluding hydrogens is 242 g/mol. The third-order valence-electron chi connectivity index (χ3n) is 2.36. The van der Waals surface area contributed by atoms with Gasteiger partial charge in [-0.3, -0.25) is 4.79 Å². The van der Waals surface area contributed by atoms with Gasteiger partial charge < -0.3 is 10.6 Å². The van der Waals surface area contributed by atoms with Gasteiger partial charge in [0.15, 0.2) is 0 Å². The summed E-state index contributed by atoms with van der Waals surface area (Å²) in [5.41, 5.74) is 5.40. The van der Waals surface area contributed by atoms with E-state index in [9.17, 15) is 13.2 Å². The van der Waals surface area contributed by atoms with Crippen LogP contribution in [0.5, 0.6) is 0 Å². The van der Waals surface area contributed by atoms with E-state index in [1.165, 1.54) is 11.8 Å². The van der Waals surface area contributed by atoms with Crippen LogP contribution in [0.2, 0.25) is 0 Å². The summed E-state index contributed by atoms with van der Waals surface area (Å²) in [4.78, 5) is 13.4. The number of likely N-dealkylation sites (N-methyl/N-ethyl adjacent to an activating group) is 1. The lowest BCUT2D eigenvalue weighted by Gasteiger charge is -2.30. The van der Waals surface area contributed by atoms with Gasteiger partial charge >= 0.3 is 0 Å². The van der Waals surface area contributed by atoms with Crippen molar-refractivity contribution in [3.8, 4) is 0 Å². The number of nitrogens with zero attached hydrogens (tertiary/aromatic N) is 1. The van der Waals surface area contributed by atoms with E-state index in [1.54, 1.807) is 7.05 Å². The third-order valence-corrected chi connectivity index (χ3v) is 3.14. The maximum atomic E-state index is 11.9. The molecule has 1 amide bonds. The fourth-order valence-electron chi connectivity index (χ4n) is 1.49. The highest BCUT2D eigenvalue weighted by molar-refractivity contribution is 7.88. The van der Waals surface area contributed by atoms with Crippen LogP contribution < -0.4 is 10.5 Å². The highest BCUT2D eigenvalue weighted by atomic mass is 32.2. The molecule has 0 aliphatic carbocycles. The predicted molar refractivity (Wildman–Crippen MR) is 67.9 cm³/mol. The Morgan fingerprint density at radius 1 is 1.47 bits per heavy atom. The van der Waals surface area contributed by atoms with Crippen molar-refractivity contribution in [3.05, 3.63) is 0 Å². The number of hydrogen-bond donors (Lipinski definition) is 2. The van der Waals surface area contributed by atoms with Gasteiger partial charge in [-0.05, 0) is 18.9 Å². The molecule has 0 radical (unpaired) electrons. The molecule has 0 saturated heterocycles. The van der Waals surface area contributed by atoms with Crippen LogP contribution in [-0.2, 0) is 14.8 Å². The monoisotopic (exact) mass is 265 g/mol. The average molecular weight is 265 g/mol. The number of amides is 1. The van der Waals surface area contributed by atoms with E-state index < -0.39 is 16.1 Å². The van der Waals surface area contributed by atoms with Crippen molar-refractivity contribution < 1.29 is 13.2 Å². The molecule has 0 rings (SSSR count). The van der Waals surface area contributed by atoms with Gasteiger partial charge in [0, 0.05) is 13.6 Å². The fourth-order valence-corrected chi connectivity index (χ4v) is 2.23. The lowest BCUT2D eigenvalue weighted by atomic mass is 9.93. The Bertz CT molecular complexity index is 365. The number of hydrogen-bond acceptors (Lipinski definition) is 4. The van der Waals surface area contributed by atoms with E-state index in [2.05, 4.69) is 4.72 Å². The van der Waals surface area contributed by atoms with Crippen molar-refractivity contribution in [2.75, 3.05) is 26.4 Å². The zero-order chi connectivity index (χ0) is 13.9. The molecule has 7 heteroatoms. The summed E-state index contributed by atoms with van der Waals surface area (Å²) in [7, 11) is -1.73. The van der Waals surface area contributed by atoms with E-state index >= 15 is 0 Å². The molecule has 0 bridgehead atoms. The lowest BCUT2D eigenvalue weighted by molar-refractivity contribution is -0.132. The number of nitrogens with two attached hydrogens (primary N) is 1. The minimum absolute atomic E-state index is 0.185. The van der Waals surface area contributed by atoms with Crippen LogP contribution in [-0.4, -0.2) is 51.7 Å². The lowest BCUT2D eigenvalue weighted by Crippen LogP contribution is -2.48. The first-order valence-electron chi connectivity index (χ1n) is 5.41. The predicted octanol–water partition coefficient (Wildman–Crippen LogP) is -0.633. The van der Waals surface area contributed by atoms with Crippen LogP contribution in [0.25, 0.3) is 0 Å². The van der Waals surface area contributed by atoms with E-state index in [-0.39, 0.29) is 11.3 Å². The SMILES string of the molecule is CC(NS(C)(=O)=O)C(=O)N(C)CC(C)(C)CN. The molecule has 17 heavy (non-hydrogen) atoms. The maximum Gasteiger partial charge on any atom is 0.240 e. The van der Waals surface area contributed by atoms with Gasteiger partial charge in [0.2, 0.25) is 15.9 Å². The summed E-state index contributed by atoms with van der Waals surface area (Å²) in [5, 5.41) is 0. The Hall–Kier alpha value is -0.660. The molecule has 0 saturated carbocycles. The number of carbonyl (C=O) groups is 1. The number of sulfonamides is 1. The zero-order valence-corrected chi connectivity index (χ0v) is 12.0. The summed E-state index contributed by atoms with van der Waals surface area (Å²) >= 11 is 0. The highest BCUT2D eigenvalue weighted by Gasteiger charge is 2.25. The first-order chi connectivity index (χ1) is 7.48. The molecule has 0 heterocycles.